The SMILES string of the molecule is CNC(=O)c1cccc(Nc2nccc(-c3ccccc3)n2)c1. The first-order chi connectivity index (χ1) is 11.3. The van der Waals surface area contributed by atoms with E-state index in [1.807, 2.05) is 48.5 Å². The van der Waals surface area contributed by atoms with Gasteiger partial charge < -0.3 is 10.6 Å². The van der Waals surface area contributed by atoms with E-state index >= 15 is 0 Å². The maximum atomic E-state index is 11.7. The van der Waals surface area contributed by atoms with E-state index in [1.54, 1.807) is 25.4 Å². The molecular formula is C18H16N4O. The van der Waals surface area contributed by atoms with Crippen molar-refractivity contribution in [2.45, 2.75) is 0 Å². The quantitative estimate of drug-likeness (QED) is 0.776. The van der Waals surface area contributed by atoms with Crippen LogP contribution in [0.4, 0.5) is 11.6 Å². The van der Waals surface area contributed by atoms with Crippen molar-refractivity contribution < 1.29 is 4.79 Å². The van der Waals surface area contributed by atoms with Gasteiger partial charge in [0.05, 0.1) is 5.69 Å². The molecule has 0 spiro atoms. The number of aromatic nitrogens is 2. The predicted octanol–water partition coefficient (Wildman–Crippen LogP) is 3.25. The van der Waals surface area contributed by atoms with Crippen molar-refractivity contribution >= 4 is 17.5 Å². The Kier molecular flexibility index (Phi) is 4.29. The first-order valence-corrected chi connectivity index (χ1v) is 7.24. The van der Waals surface area contributed by atoms with E-state index in [-0.39, 0.29) is 5.91 Å². The van der Waals surface area contributed by atoms with E-state index in [0.29, 0.717) is 11.5 Å². The molecule has 0 fully saturated rings. The van der Waals surface area contributed by atoms with Gasteiger partial charge in [-0.2, -0.15) is 0 Å². The molecule has 0 radical (unpaired) electrons. The molecule has 2 N–H and O–H groups in total. The first-order valence-electron chi connectivity index (χ1n) is 7.24. The molecule has 0 unspecified atom stereocenters. The van der Waals surface area contributed by atoms with Crippen LogP contribution >= 0.6 is 0 Å². The maximum Gasteiger partial charge on any atom is 0.251 e. The zero-order valence-electron chi connectivity index (χ0n) is 12.7. The highest BCUT2D eigenvalue weighted by Gasteiger charge is 2.06. The molecule has 23 heavy (non-hydrogen) atoms. The van der Waals surface area contributed by atoms with E-state index in [0.717, 1.165) is 16.9 Å². The summed E-state index contributed by atoms with van der Waals surface area (Å²) in [7, 11) is 1.61. The van der Waals surface area contributed by atoms with Crippen molar-refractivity contribution in [3.05, 3.63) is 72.4 Å². The van der Waals surface area contributed by atoms with Gasteiger partial charge in [-0.05, 0) is 24.3 Å². The second-order valence-corrected chi connectivity index (χ2v) is 4.92. The van der Waals surface area contributed by atoms with Crippen LogP contribution in [-0.2, 0) is 0 Å². The average Bonchev–Trinajstić information content (AvgIpc) is 2.62. The Morgan fingerprint density at radius 2 is 1.83 bits per heavy atom. The number of nitrogens with one attached hydrogen (secondary N) is 2. The maximum absolute atomic E-state index is 11.7. The molecule has 0 aliphatic carbocycles. The van der Waals surface area contributed by atoms with Gasteiger partial charge in [0.2, 0.25) is 5.95 Å². The summed E-state index contributed by atoms with van der Waals surface area (Å²) in [4.78, 5) is 20.4. The number of anilines is 2. The molecule has 0 bridgehead atoms. The van der Waals surface area contributed by atoms with E-state index < -0.39 is 0 Å². The third-order valence-electron chi connectivity index (χ3n) is 3.33. The molecule has 0 aliphatic rings. The van der Waals surface area contributed by atoms with E-state index in [4.69, 9.17) is 0 Å². The Morgan fingerprint density at radius 3 is 2.61 bits per heavy atom. The van der Waals surface area contributed by atoms with Crippen LogP contribution in [0, 0.1) is 0 Å². The van der Waals surface area contributed by atoms with Gasteiger partial charge in [0, 0.05) is 30.1 Å². The van der Waals surface area contributed by atoms with Crippen LogP contribution in [-0.4, -0.2) is 22.9 Å². The molecule has 2 aromatic carbocycles. The Bertz CT molecular complexity index is 818. The van der Waals surface area contributed by atoms with Gasteiger partial charge in [-0.25, -0.2) is 9.97 Å². The van der Waals surface area contributed by atoms with E-state index in [1.165, 1.54) is 0 Å². The lowest BCUT2D eigenvalue weighted by Crippen LogP contribution is -2.17. The summed E-state index contributed by atoms with van der Waals surface area (Å²) in [6.07, 6.45) is 1.71. The average molecular weight is 304 g/mol. The summed E-state index contributed by atoms with van der Waals surface area (Å²) in [5.74, 6) is 0.355. The lowest BCUT2D eigenvalue weighted by molar-refractivity contribution is 0.0963. The third kappa shape index (κ3) is 3.52. The molecule has 1 heterocycles. The molecular weight excluding hydrogens is 288 g/mol. The number of carbonyl (C=O) groups is 1. The minimum Gasteiger partial charge on any atom is -0.355 e. The number of nitrogens with zero attached hydrogens (tertiary/aromatic N) is 2. The van der Waals surface area contributed by atoms with Gasteiger partial charge >= 0.3 is 0 Å². The van der Waals surface area contributed by atoms with E-state index in [9.17, 15) is 4.79 Å². The Morgan fingerprint density at radius 1 is 1.00 bits per heavy atom. The minimum absolute atomic E-state index is 0.132. The van der Waals surface area contributed by atoms with E-state index in [2.05, 4.69) is 20.6 Å². The second-order valence-electron chi connectivity index (χ2n) is 4.92. The molecule has 0 atom stereocenters. The normalized spacial score (nSPS) is 10.1. The van der Waals surface area contributed by atoms with Crippen LogP contribution in [0.25, 0.3) is 11.3 Å². The monoisotopic (exact) mass is 304 g/mol. The summed E-state index contributed by atoms with van der Waals surface area (Å²) in [6, 6.07) is 19.0. The smallest absolute Gasteiger partial charge is 0.251 e. The highest BCUT2D eigenvalue weighted by molar-refractivity contribution is 5.95. The molecule has 1 aromatic heterocycles. The molecule has 5 nitrogen and oxygen atoms in total. The highest BCUT2D eigenvalue weighted by Crippen LogP contribution is 2.19. The summed E-state index contributed by atoms with van der Waals surface area (Å²) in [6.45, 7) is 0. The van der Waals surface area contributed by atoms with Crippen molar-refractivity contribution in [2.75, 3.05) is 12.4 Å². The van der Waals surface area contributed by atoms with Gasteiger partial charge in [0.1, 0.15) is 0 Å². The highest BCUT2D eigenvalue weighted by atomic mass is 16.1. The fraction of sp³-hybridized carbons (Fsp3) is 0.0556. The zero-order chi connectivity index (χ0) is 16.1. The van der Waals surface area contributed by atoms with Crippen molar-refractivity contribution in [1.82, 2.24) is 15.3 Å². The Labute approximate surface area is 134 Å². The lowest BCUT2D eigenvalue weighted by Gasteiger charge is -2.08. The fourth-order valence-electron chi connectivity index (χ4n) is 2.20. The number of hydrogen-bond acceptors (Lipinski definition) is 4. The van der Waals surface area contributed by atoms with Crippen molar-refractivity contribution in [2.24, 2.45) is 0 Å². The molecule has 1 amide bonds. The zero-order valence-corrected chi connectivity index (χ0v) is 12.7. The van der Waals surface area contributed by atoms with Crippen LogP contribution in [0.2, 0.25) is 0 Å². The summed E-state index contributed by atoms with van der Waals surface area (Å²) >= 11 is 0. The van der Waals surface area contributed by atoms with Crippen molar-refractivity contribution in [1.29, 1.82) is 0 Å². The van der Waals surface area contributed by atoms with Gasteiger partial charge in [-0.3, -0.25) is 4.79 Å². The number of rotatable bonds is 4. The number of amides is 1. The molecule has 0 saturated heterocycles. The predicted molar refractivity (Wildman–Crippen MR) is 90.6 cm³/mol. The summed E-state index contributed by atoms with van der Waals surface area (Å²) < 4.78 is 0. The first kappa shape index (κ1) is 14.7. The Hall–Kier alpha value is -3.21. The largest absolute Gasteiger partial charge is 0.355 e. The van der Waals surface area contributed by atoms with Crippen LogP contribution in [0.5, 0.6) is 0 Å². The van der Waals surface area contributed by atoms with Crippen LogP contribution in [0.1, 0.15) is 10.4 Å². The fourth-order valence-corrected chi connectivity index (χ4v) is 2.20. The van der Waals surface area contributed by atoms with Crippen LogP contribution in [0.3, 0.4) is 0 Å². The summed E-state index contributed by atoms with van der Waals surface area (Å²) in [5, 5.41) is 5.74. The number of benzene rings is 2. The second kappa shape index (κ2) is 6.70. The third-order valence-corrected chi connectivity index (χ3v) is 3.33. The number of carbonyl (C=O) groups excluding carboxylic acids is 1. The van der Waals surface area contributed by atoms with Crippen molar-refractivity contribution in [3.63, 3.8) is 0 Å². The van der Waals surface area contributed by atoms with Gasteiger partial charge in [-0.15, -0.1) is 0 Å². The van der Waals surface area contributed by atoms with Crippen molar-refractivity contribution in [3.8, 4) is 11.3 Å². The molecule has 5 heteroatoms. The van der Waals surface area contributed by atoms with Crippen LogP contribution in [0.15, 0.2) is 66.9 Å². The number of hydrogen-bond donors (Lipinski definition) is 2. The van der Waals surface area contributed by atoms with Gasteiger partial charge in [0.25, 0.3) is 5.91 Å². The standard InChI is InChI=1S/C18H16N4O/c1-19-17(23)14-8-5-9-15(12-14)21-18-20-11-10-16(22-18)13-6-3-2-4-7-13/h2-12H,1H3,(H,19,23)(H,20,21,22). The molecule has 3 rings (SSSR count). The molecule has 0 aliphatic heterocycles. The summed E-state index contributed by atoms with van der Waals surface area (Å²) in [5.41, 5.74) is 3.20. The van der Waals surface area contributed by atoms with Gasteiger partial charge in [0.15, 0.2) is 0 Å². The van der Waals surface area contributed by atoms with Crippen LogP contribution < -0.4 is 10.6 Å². The lowest BCUT2D eigenvalue weighted by atomic mass is 10.1. The Balaban J connectivity index is 1.85. The van der Waals surface area contributed by atoms with Gasteiger partial charge in [-0.1, -0.05) is 36.4 Å². The minimum atomic E-state index is -0.132. The molecule has 114 valence electrons. The topological polar surface area (TPSA) is 66.9 Å². The molecule has 3 aromatic rings. The molecule has 0 saturated carbocycles.